The van der Waals surface area contributed by atoms with Crippen molar-refractivity contribution in [3.8, 4) is 0 Å². The Balaban J connectivity index is 2.26. The maximum Gasteiger partial charge on any atom is 0.157 e. The fourth-order valence-electron chi connectivity index (χ4n) is 1.90. The number of hydrogen-bond acceptors (Lipinski definition) is 4. The minimum atomic E-state index is -0.779. The zero-order valence-electron chi connectivity index (χ0n) is 10.3. The van der Waals surface area contributed by atoms with Gasteiger partial charge in [-0.05, 0) is 18.6 Å². The van der Waals surface area contributed by atoms with Crippen molar-refractivity contribution in [1.29, 1.82) is 0 Å². The van der Waals surface area contributed by atoms with E-state index >= 15 is 0 Å². The van der Waals surface area contributed by atoms with Gasteiger partial charge in [0.1, 0.15) is 6.10 Å². The highest BCUT2D eigenvalue weighted by molar-refractivity contribution is 5.26. The zero-order chi connectivity index (χ0) is 13.0. The zero-order valence-corrected chi connectivity index (χ0v) is 10.3. The predicted octanol–water partition coefficient (Wildman–Crippen LogP) is 1.56. The normalized spacial score (nSPS) is 14.2. The number of aliphatic hydroxyl groups excluding tert-OH is 1. The number of hydrogen-bond donors (Lipinski definition) is 2. The van der Waals surface area contributed by atoms with Gasteiger partial charge >= 0.3 is 0 Å². The number of aromatic nitrogens is 2. The molecule has 1 aromatic heterocycles. The Labute approximate surface area is 107 Å². The lowest BCUT2D eigenvalue weighted by Crippen LogP contribution is -2.21. The molecular weight excluding hydrogens is 226 g/mol. The summed E-state index contributed by atoms with van der Waals surface area (Å²) in [6, 6.07) is 9.71. The Hall–Kier alpha value is -1.78. The maximum absolute atomic E-state index is 10.3. The fourth-order valence-corrected chi connectivity index (χ4v) is 1.90. The molecule has 3 N–H and O–H groups in total. The van der Waals surface area contributed by atoms with Crippen molar-refractivity contribution in [2.45, 2.75) is 18.9 Å². The van der Waals surface area contributed by atoms with E-state index < -0.39 is 6.10 Å². The molecule has 0 radical (unpaired) electrons. The molecule has 2 rings (SSSR count). The highest BCUT2D eigenvalue weighted by Crippen LogP contribution is 2.28. The van der Waals surface area contributed by atoms with Gasteiger partial charge < -0.3 is 10.8 Å². The van der Waals surface area contributed by atoms with E-state index in [1.165, 1.54) is 5.56 Å². The van der Waals surface area contributed by atoms with Crippen LogP contribution in [-0.4, -0.2) is 21.6 Å². The number of nitrogens with two attached hydrogens (primary N) is 1. The molecule has 0 saturated heterocycles. The van der Waals surface area contributed by atoms with E-state index in [0.717, 1.165) is 5.56 Å². The Kier molecular flexibility index (Phi) is 4.02. The first kappa shape index (κ1) is 12.7. The molecule has 0 aliphatic carbocycles. The molecule has 0 aliphatic rings. The molecule has 2 atom stereocenters. The second-order valence-corrected chi connectivity index (χ2v) is 4.30. The third-order valence-electron chi connectivity index (χ3n) is 2.99. The summed E-state index contributed by atoms with van der Waals surface area (Å²) in [4.78, 5) is 8.15. The van der Waals surface area contributed by atoms with Gasteiger partial charge in [-0.3, -0.25) is 0 Å². The van der Waals surface area contributed by atoms with Gasteiger partial charge in [0.15, 0.2) is 5.82 Å². The van der Waals surface area contributed by atoms with Gasteiger partial charge in [0.2, 0.25) is 0 Å². The van der Waals surface area contributed by atoms with Crippen LogP contribution in [0.25, 0.3) is 0 Å². The van der Waals surface area contributed by atoms with Crippen LogP contribution in [0.4, 0.5) is 0 Å². The van der Waals surface area contributed by atoms with E-state index in [0.29, 0.717) is 12.4 Å². The monoisotopic (exact) mass is 243 g/mol. The minimum absolute atomic E-state index is 0.187. The van der Waals surface area contributed by atoms with Crippen LogP contribution in [0.1, 0.15) is 29.0 Å². The summed E-state index contributed by atoms with van der Waals surface area (Å²) in [5.41, 5.74) is 7.95. The van der Waals surface area contributed by atoms with Gasteiger partial charge in [0.05, 0.1) is 0 Å². The fraction of sp³-hybridized carbons (Fsp3) is 0.286. The summed E-state index contributed by atoms with van der Waals surface area (Å²) >= 11 is 0. The summed E-state index contributed by atoms with van der Waals surface area (Å²) in [6.45, 7) is 2.38. The van der Waals surface area contributed by atoms with Crippen LogP contribution in [0.3, 0.4) is 0 Å². The standard InChI is InChI=1S/C14H17N3O/c1-10-3-5-11(6-4-10)12(9-15)13(18)14-16-7-2-8-17-14/h2-8,12-13,18H,9,15H2,1H3. The molecule has 2 aromatic rings. The molecule has 0 aliphatic heterocycles. The number of rotatable bonds is 4. The van der Waals surface area contributed by atoms with Crippen molar-refractivity contribution < 1.29 is 5.11 Å². The Bertz CT molecular complexity index is 484. The second kappa shape index (κ2) is 5.71. The van der Waals surface area contributed by atoms with Crippen LogP contribution >= 0.6 is 0 Å². The topological polar surface area (TPSA) is 72.0 Å². The summed E-state index contributed by atoms with van der Waals surface area (Å²) in [5.74, 6) is 0.224. The smallest absolute Gasteiger partial charge is 0.157 e. The SMILES string of the molecule is Cc1ccc(C(CN)C(O)c2ncccn2)cc1. The molecule has 94 valence electrons. The van der Waals surface area contributed by atoms with Gasteiger partial charge in [-0.2, -0.15) is 0 Å². The van der Waals surface area contributed by atoms with Gasteiger partial charge in [-0.15, -0.1) is 0 Å². The first-order valence-corrected chi connectivity index (χ1v) is 5.94. The van der Waals surface area contributed by atoms with Crippen LogP contribution in [0, 0.1) is 6.92 Å². The average Bonchev–Trinajstić information content (AvgIpc) is 2.42. The van der Waals surface area contributed by atoms with Gasteiger partial charge in [-0.1, -0.05) is 29.8 Å². The molecule has 0 amide bonds. The highest BCUT2D eigenvalue weighted by Gasteiger charge is 2.23. The molecule has 2 unspecified atom stereocenters. The van der Waals surface area contributed by atoms with E-state index in [1.807, 2.05) is 31.2 Å². The first-order valence-electron chi connectivity index (χ1n) is 5.94. The third kappa shape index (κ3) is 2.72. The lowest BCUT2D eigenvalue weighted by Gasteiger charge is -2.20. The molecule has 18 heavy (non-hydrogen) atoms. The van der Waals surface area contributed by atoms with E-state index in [1.54, 1.807) is 18.5 Å². The molecule has 0 fully saturated rings. The number of benzene rings is 1. The largest absolute Gasteiger partial charge is 0.384 e. The Morgan fingerprint density at radius 1 is 1.17 bits per heavy atom. The molecule has 4 heteroatoms. The second-order valence-electron chi connectivity index (χ2n) is 4.30. The Morgan fingerprint density at radius 3 is 2.33 bits per heavy atom. The lowest BCUT2D eigenvalue weighted by molar-refractivity contribution is 0.138. The number of aliphatic hydroxyl groups is 1. The number of nitrogens with zero attached hydrogens (tertiary/aromatic N) is 2. The molecule has 4 nitrogen and oxygen atoms in total. The molecule has 0 bridgehead atoms. The molecule has 0 spiro atoms. The van der Waals surface area contributed by atoms with E-state index in [9.17, 15) is 5.11 Å². The lowest BCUT2D eigenvalue weighted by atomic mass is 9.92. The summed E-state index contributed by atoms with van der Waals surface area (Å²) in [5, 5.41) is 10.3. The first-order chi connectivity index (χ1) is 8.72. The van der Waals surface area contributed by atoms with Crippen LogP contribution in [0.15, 0.2) is 42.7 Å². The maximum atomic E-state index is 10.3. The summed E-state index contributed by atoms with van der Waals surface area (Å²) in [7, 11) is 0. The number of aryl methyl sites for hydroxylation is 1. The van der Waals surface area contributed by atoms with E-state index in [2.05, 4.69) is 9.97 Å². The van der Waals surface area contributed by atoms with Crippen molar-refractivity contribution in [3.63, 3.8) is 0 Å². The molecule has 1 aromatic carbocycles. The van der Waals surface area contributed by atoms with Crippen molar-refractivity contribution in [2.75, 3.05) is 6.54 Å². The van der Waals surface area contributed by atoms with Crippen molar-refractivity contribution >= 4 is 0 Å². The van der Waals surface area contributed by atoms with Gasteiger partial charge in [0, 0.05) is 24.9 Å². The Morgan fingerprint density at radius 2 is 1.78 bits per heavy atom. The summed E-state index contributed by atoms with van der Waals surface area (Å²) < 4.78 is 0. The van der Waals surface area contributed by atoms with Crippen LogP contribution in [0.5, 0.6) is 0 Å². The molecular formula is C14H17N3O. The average molecular weight is 243 g/mol. The van der Waals surface area contributed by atoms with Crippen LogP contribution < -0.4 is 5.73 Å². The van der Waals surface area contributed by atoms with Crippen molar-refractivity contribution in [1.82, 2.24) is 9.97 Å². The highest BCUT2D eigenvalue weighted by atomic mass is 16.3. The third-order valence-corrected chi connectivity index (χ3v) is 2.99. The van der Waals surface area contributed by atoms with Gasteiger partial charge in [-0.25, -0.2) is 9.97 Å². The van der Waals surface area contributed by atoms with Crippen LogP contribution in [-0.2, 0) is 0 Å². The molecule has 1 heterocycles. The quantitative estimate of drug-likeness (QED) is 0.854. The predicted molar refractivity (Wildman–Crippen MR) is 70.0 cm³/mol. The van der Waals surface area contributed by atoms with Crippen molar-refractivity contribution in [3.05, 3.63) is 59.7 Å². The van der Waals surface area contributed by atoms with E-state index in [-0.39, 0.29) is 5.92 Å². The molecule has 0 saturated carbocycles. The van der Waals surface area contributed by atoms with Crippen LogP contribution in [0.2, 0.25) is 0 Å². The summed E-state index contributed by atoms with van der Waals surface area (Å²) in [6.07, 6.45) is 2.46. The van der Waals surface area contributed by atoms with Gasteiger partial charge in [0.25, 0.3) is 0 Å². The van der Waals surface area contributed by atoms with Crippen molar-refractivity contribution in [2.24, 2.45) is 5.73 Å². The van der Waals surface area contributed by atoms with E-state index in [4.69, 9.17) is 5.73 Å². The minimum Gasteiger partial charge on any atom is -0.384 e.